The lowest BCUT2D eigenvalue weighted by Gasteiger charge is -2.19. The van der Waals surface area contributed by atoms with E-state index >= 15 is 0 Å². The van der Waals surface area contributed by atoms with E-state index in [4.69, 9.17) is 4.74 Å². The molecule has 1 aromatic heterocycles. The highest BCUT2D eigenvalue weighted by atomic mass is 32.2. The number of benzene rings is 1. The van der Waals surface area contributed by atoms with Crippen LogP contribution in [0.4, 0.5) is 21.6 Å². The SMILES string of the molecule is CCc1ccc(Nc2c(NS(C)=O)c(OC)cc(=O)n2C)c(F)c1. The normalized spacial score (nSPS) is 11.9. The topological polar surface area (TPSA) is 72.4 Å². The van der Waals surface area contributed by atoms with Gasteiger partial charge in [-0.05, 0) is 24.1 Å². The second-order valence-corrected chi connectivity index (χ2v) is 6.29. The van der Waals surface area contributed by atoms with Gasteiger partial charge in [-0.1, -0.05) is 13.0 Å². The van der Waals surface area contributed by atoms with Gasteiger partial charge in [0.2, 0.25) is 0 Å². The molecule has 0 bridgehead atoms. The summed E-state index contributed by atoms with van der Waals surface area (Å²) in [6.45, 7) is 1.94. The highest BCUT2D eigenvalue weighted by Gasteiger charge is 2.17. The zero-order chi connectivity index (χ0) is 17.9. The Morgan fingerprint density at radius 2 is 2.04 bits per heavy atom. The van der Waals surface area contributed by atoms with Crippen LogP contribution in [0.25, 0.3) is 0 Å². The Bertz CT molecular complexity index is 836. The Morgan fingerprint density at radius 3 is 2.58 bits per heavy atom. The van der Waals surface area contributed by atoms with Gasteiger partial charge >= 0.3 is 0 Å². The molecular formula is C16H20FN3O3S. The van der Waals surface area contributed by atoms with Crippen LogP contribution in [0.15, 0.2) is 29.1 Å². The van der Waals surface area contributed by atoms with E-state index in [0.29, 0.717) is 5.69 Å². The molecule has 0 amide bonds. The van der Waals surface area contributed by atoms with Crippen molar-refractivity contribution in [2.45, 2.75) is 13.3 Å². The number of nitrogens with zero attached hydrogens (tertiary/aromatic N) is 1. The minimum Gasteiger partial charge on any atom is -0.494 e. The molecule has 0 radical (unpaired) electrons. The first kappa shape index (κ1) is 18.0. The summed E-state index contributed by atoms with van der Waals surface area (Å²) in [4.78, 5) is 12.1. The summed E-state index contributed by atoms with van der Waals surface area (Å²) in [6.07, 6.45) is 2.17. The molecule has 130 valence electrons. The van der Waals surface area contributed by atoms with Crippen LogP contribution in [0.2, 0.25) is 0 Å². The fourth-order valence-electron chi connectivity index (χ4n) is 2.23. The number of nitrogens with one attached hydrogen (secondary N) is 2. The molecule has 1 heterocycles. The second-order valence-electron chi connectivity index (χ2n) is 5.18. The zero-order valence-corrected chi connectivity index (χ0v) is 14.8. The van der Waals surface area contributed by atoms with Crippen molar-refractivity contribution in [1.82, 2.24) is 4.57 Å². The van der Waals surface area contributed by atoms with Crippen LogP contribution >= 0.6 is 0 Å². The first-order chi connectivity index (χ1) is 11.4. The summed E-state index contributed by atoms with van der Waals surface area (Å²) in [5, 5.41) is 2.89. The molecule has 2 N–H and O–H groups in total. The number of hydrogen-bond acceptors (Lipinski definition) is 4. The number of aromatic nitrogens is 1. The summed E-state index contributed by atoms with van der Waals surface area (Å²) in [6, 6.07) is 6.11. The van der Waals surface area contributed by atoms with Crippen molar-refractivity contribution < 1.29 is 13.3 Å². The third-order valence-electron chi connectivity index (χ3n) is 3.56. The molecular weight excluding hydrogens is 333 g/mol. The predicted octanol–water partition coefficient (Wildman–Crippen LogP) is 2.54. The van der Waals surface area contributed by atoms with Gasteiger partial charge in [0.25, 0.3) is 5.56 Å². The number of ether oxygens (including phenoxy) is 1. The van der Waals surface area contributed by atoms with Gasteiger partial charge in [0, 0.05) is 19.4 Å². The first-order valence-corrected chi connectivity index (χ1v) is 8.86. The molecule has 2 aromatic rings. The van der Waals surface area contributed by atoms with Gasteiger partial charge in [0.1, 0.15) is 28.3 Å². The summed E-state index contributed by atoms with van der Waals surface area (Å²) in [5.41, 5.74) is 1.05. The highest BCUT2D eigenvalue weighted by Crippen LogP contribution is 2.33. The lowest BCUT2D eigenvalue weighted by molar-refractivity contribution is 0.415. The third kappa shape index (κ3) is 3.76. The predicted molar refractivity (Wildman–Crippen MR) is 95.0 cm³/mol. The van der Waals surface area contributed by atoms with Crippen molar-refractivity contribution in [3.63, 3.8) is 0 Å². The van der Waals surface area contributed by atoms with Gasteiger partial charge in [-0.2, -0.15) is 0 Å². The Kier molecular flexibility index (Phi) is 5.61. The van der Waals surface area contributed by atoms with Gasteiger partial charge in [0.15, 0.2) is 5.75 Å². The number of aryl methyl sites for hydroxylation is 1. The molecule has 0 fully saturated rings. The van der Waals surface area contributed by atoms with E-state index in [9.17, 15) is 13.4 Å². The van der Waals surface area contributed by atoms with Crippen LogP contribution in [-0.4, -0.2) is 22.1 Å². The number of hydrogen-bond donors (Lipinski definition) is 2. The van der Waals surface area contributed by atoms with E-state index in [2.05, 4.69) is 10.0 Å². The lowest BCUT2D eigenvalue weighted by Crippen LogP contribution is -2.21. The van der Waals surface area contributed by atoms with Crippen molar-refractivity contribution in [2.75, 3.05) is 23.4 Å². The molecule has 1 atom stereocenters. The van der Waals surface area contributed by atoms with E-state index in [1.54, 1.807) is 12.1 Å². The molecule has 0 aliphatic carbocycles. The minimum absolute atomic E-state index is 0.209. The maximum atomic E-state index is 14.3. The molecule has 0 spiro atoms. The molecule has 0 aliphatic rings. The van der Waals surface area contributed by atoms with Crippen LogP contribution in [0, 0.1) is 5.82 Å². The van der Waals surface area contributed by atoms with Crippen molar-refractivity contribution >= 4 is 28.2 Å². The van der Waals surface area contributed by atoms with Gasteiger partial charge in [-0.15, -0.1) is 0 Å². The van der Waals surface area contributed by atoms with Gasteiger partial charge in [-0.3, -0.25) is 14.1 Å². The van der Waals surface area contributed by atoms with Crippen LogP contribution in [0.5, 0.6) is 5.75 Å². The second kappa shape index (κ2) is 7.48. The van der Waals surface area contributed by atoms with Crippen LogP contribution in [-0.2, 0) is 24.5 Å². The maximum Gasteiger partial charge on any atom is 0.255 e. The highest BCUT2D eigenvalue weighted by molar-refractivity contribution is 7.85. The monoisotopic (exact) mass is 353 g/mol. The largest absolute Gasteiger partial charge is 0.494 e. The average molecular weight is 353 g/mol. The molecule has 1 unspecified atom stereocenters. The van der Waals surface area contributed by atoms with Crippen LogP contribution in [0.3, 0.4) is 0 Å². The molecule has 0 saturated carbocycles. The molecule has 8 heteroatoms. The summed E-state index contributed by atoms with van der Waals surface area (Å²) in [5.74, 6) is 0.0484. The Labute approximate surface area is 142 Å². The fraction of sp³-hybridized carbons (Fsp3) is 0.312. The average Bonchev–Trinajstić information content (AvgIpc) is 2.54. The molecule has 0 aliphatic heterocycles. The number of pyridine rings is 1. The van der Waals surface area contributed by atoms with E-state index < -0.39 is 16.8 Å². The van der Waals surface area contributed by atoms with Crippen LogP contribution in [0.1, 0.15) is 12.5 Å². The van der Waals surface area contributed by atoms with Gasteiger partial charge in [-0.25, -0.2) is 8.60 Å². The summed E-state index contributed by atoms with van der Waals surface area (Å²) >= 11 is 0. The van der Waals surface area contributed by atoms with Crippen molar-refractivity contribution in [3.05, 3.63) is 46.0 Å². The molecule has 6 nitrogen and oxygen atoms in total. The van der Waals surface area contributed by atoms with Crippen molar-refractivity contribution in [1.29, 1.82) is 0 Å². The minimum atomic E-state index is -1.40. The smallest absolute Gasteiger partial charge is 0.255 e. The van der Waals surface area contributed by atoms with Gasteiger partial charge in [0.05, 0.1) is 12.8 Å². The number of anilines is 3. The van der Waals surface area contributed by atoms with E-state index in [0.717, 1.165) is 12.0 Å². The van der Waals surface area contributed by atoms with Crippen LogP contribution < -0.4 is 20.3 Å². The first-order valence-electron chi connectivity index (χ1n) is 7.30. The zero-order valence-electron chi connectivity index (χ0n) is 14.0. The Hall–Kier alpha value is -2.35. The summed E-state index contributed by atoms with van der Waals surface area (Å²) in [7, 11) is 1.53. The molecule has 24 heavy (non-hydrogen) atoms. The Balaban J connectivity index is 2.57. The number of halogens is 1. The van der Waals surface area contributed by atoms with E-state index in [1.807, 2.05) is 6.92 Å². The van der Waals surface area contributed by atoms with Gasteiger partial charge < -0.3 is 10.1 Å². The lowest BCUT2D eigenvalue weighted by atomic mass is 10.1. The van der Waals surface area contributed by atoms with E-state index in [-0.39, 0.29) is 22.8 Å². The third-order valence-corrected chi connectivity index (χ3v) is 4.06. The molecule has 0 saturated heterocycles. The Morgan fingerprint density at radius 1 is 1.33 bits per heavy atom. The number of methoxy groups -OCH3 is 1. The standard InChI is InChI=1S/C16H20FN3O3S/c1-5-10-6-7-12(11(17)8-10)18-16-15(19-24(4)22)13(23-3)9-14(21)20(16)2/h6-9,18-19H,5H2,1-4H3. The maximum absolute atomic E-state index is 14.3. The quantitative estimate of drug-likeness (QED) is 0.837. The van der Waals surface area contributed by atoms with Crippen molar-refractivity contribution in [3.8, 4) is 5.75 Å². The molecule has 2 rings (SSSR count). The fourth-order valence-corrected chi connectivity index (χ4v) is 2.72. The van der Waals surface area contributed by atoms with E-state index in [1.165, 1.54) is 37.1 Å². The number of rotatable bonds is 6. The summed E-state index contributed by atoms with van der Waals surface area (Å²) < 4.78 is 35.1. The van der Waals surface area contributed by atoms with Crippen molar-refractivity contribution in [2.24, 2.45) is 7.05 Å². The molecule has 1 aromatic carbocycles.